The van der Waals surface area contributed by atoms with Gasteiger partial charge in [-0.15, -0.1) is 0 Å². The molecule has 2 nitrogen and oxygen atoms in total. The molecule has 0 aliphatic rings. The Morgan fingerprint density at radius 2 is 1.85 bits per heavy atom. The van der Waals surface area contributed by atoms with Crippen molar-refractivity contribution in [2.24, 2.45) is 0 Å². The van der Waals surface area contributed by atoms with Gasteiger partial charge in [0, 0.05) is 15.1 Å². The molecule has 20 heavy (non-hydrogen) atoms. The van der Waals surface area contributed by atoms with Crippen LogP contribution in [0.15, 0.2) is 46.9 Å². The fraction of sp³-hybridized carbons (Fsp3) is 0.0714. The molecule has 0 atom stereocenters. The molecule has 2 aromatic carbocycles. The van der Waals surface area contributed by atoms with Crippen LogP contribution in [-0.4, -0.2) is 12.4 Å². The lowest BCUT2D eigenvalue weighted by Crippen LogP contribution is -2.09. The van der Waals surface area contributed by atoms with Gasteiger partial charge in [0.05, 0.1) is 5.56 Å². The van der Waals surface area contributed by atoms with Crippen LogP contribution in [0.4, 0.5) is 8.78 Å². The summed E-state index contributed by atoms with van der Waals surface area (Å²) in [5.41, 5.74) is 0.409. The van der Waals surface area contributed by atoms with Crippen LogP contribution in [0.25, 0.3) is 0 Å². The van der Waals surface area contributed by atoms with Crippen LogP contribution >= 0.6 is 27.5 Å². The first kappa shape index (κ1) is 14.9. The molecule has 0 spiro atoms. The Morgan fingerprint density at radius 3 is 2.45 bits per heavy atom. The highest BCUT2D eigenvalue weighted by Gasteiger charge is 2.17. The zero-order valence-electron chi connectivity index (χ0n) is 10.9. The van der Waals surface area contributed by atoms with Gasteiger partial charge >= 0.3 is 6.61 Å². The van der Waals surface area contributed by atoms with Crippen molar-refractivity contribution >= 4 is 33.3 Å². The SMILES string of the molecule is O=C(c1ccc(Cl)cc1)c1ccc(Br)cc1OC(F)F.[H-]. The number of rotatable bonds is 4. The number of alkyl halides is 2. The molecule has 0 unspecified atom stereocenters. The fourth-order valence-electron chi connectivity index (χ4n) is 1.63. The van der Waals surface area contributed by atoms with Crippen molar-refractivity contribution in [1.82, 2.24) is 0 Å². The van der Waals surface area contributed by atoms with E-state index in [4.69, 9.17) is 11.6 Å². The number of ketones is 1. The summed E-state index contributed by atoms with van der Waals surface area (Å²) in [5, 5.41) is 0.487. The van der Waals surface area contributed by atoms with Crippen LogP contribution in [0.5, 0.6) is 5.75 Å². The molecule has 0 fully saturated rings. The van der Waals surface area contributed by atoms with Gasteiger partial charge in [0.1, 0.15) is 5.75 Å². The normalized spacial score (nSPS) is 10.7. The summed E-state index contributed by atoms with van der Waals surface area (Å²) in [4.78, 5) is 12.3. The zero-order chi connectivity index (χ0) is 14.7. The standard InChI is InChI=1S/C14H8BrClF2O2.H/c15-9-3-6-11(12(7-9)20-14(17)18)13(19)8-1-4-10(16)5-2-8;/h1-7,14H;/q;-1. The van der Waals surface area contributed by atoms with E-state index >= 15 is 0 Å². The fourth-order valence-corrected chi connectivity index (χ4v) is 2.10. The van der Waals surface area contributed by atoms with Gasteiger partial charge in [-0.3, -0.25) is 4.79 Å². The lowest BCUT2D eigenvalue weighted by Gasteiger charge is -2.10. The zero-order valence-corrected chi connectivity index (χ0v) is 12.3. The van der Waals surface area contributed by atoms with Crippen molar-refractivity contribution in [1.29, 1.82) is 0 Å². The van der Waals surface area contributed by atoms with E-state index in [2.05, 4.69) is 20.7 Å². The molecule has 0 aliphatic heterocycles. The van der Waals surface area contributed by atoms with Gasteiger partial charge in [-0.1, -0.05) is 27.5 Å². The monoisotopic (exact) mass is 361 g/mol. The van der Waals surface area contributed by atoms with E-state index in [0.717, 1.165) is 0 Å². The largest absolute Gasteiger partial charge is 1.00 e. The predicted molar refractivity (Wildman–Crippen MR) is 76.8 cm³/mol. The number of halogens is 4. The summed E-state index contributed by atoms with van der Waals surface area (Å²) >= 11 is 8.89. The van der Waals surface area contributed by atoms with E-state index in [1.54, 1.807) is 18.2 Å². The number of carbonyl (C=O) groups is 1. The Kier molecular flexibility index (Phi) is 4.73. The van der Waals surface area contributed by atoms with E-state index in [0.29, 0.717) is 15.1 Å². The molecule has 0 radical (unpaired) electrons. The van der Waals surface area contributed by atoms with Crippen molar-refractivity contribution in [3.05, 3.63) is 63.1 Å². The summed E-state index contributed by atoms with van der Waals surface area (Å²) in [5.74, 6) is -0.584. The highest BCUT2D eigenvalue weighted by molar-refractivity contribution is 9.10. The van der Waals surface area contributed by atoms with Crippen LogP contribution < -0.4 is 4.74 Å². The van der Waals surface area contributed by atoms with Gasteiger partial charge in [0.2, 0.25) is 0 Å². The summed E-state index contributed by atoms with van der Waals surface area (Å²) < 4.78 is 29.7. The molecule has 2 aromatic rings. The van der Waals surface area contributed by atoms with Crippen molar-refractivity contribution in [2.75, 3.05) is 0 Å². The maximum Gasteiger partial charge on any atom is 0.387 e. The summed E-state index contributed by atoms with van der Waals surface area (Å²) in [6.45, 7) is -3.00. The highest BCUT2D eigenvalue weighted by atomic mass is 79.9. The molecule has 0 saturated carbocycles. The van der Waals surface area contributed by atoms with Gasteiger partial charge in [-0.25, -0.2) is 0 Å². The first-order chi connectivity index (χ1) is 9.47. The third-order valence-corrected chi connectivity index (χ3v) is 3.26. The van der Waals surface area contributed by atoms with E-state index in [-0.39, 0.29) is 12.7 Å². The van der Waals surface area contributed by atoms with Gasteiger partial charge < -0.3 is 6.16 Å². The number of ether oxygens (including phenoxy) is 1. The number of benzene rings is 2. The van der Waals surface area contributed by atoms with Crippen LogP contribution in [-0.2, 0) is 0 Å². The second kappa shape index (κ2) is 6.33. The molecule has 106 valence electrons. The maximum atomic E-state index is 12.4. The van der Waals surface area contributed by atoms with Gasteiger partial charge in [0.15, 0.2) is 5.78 Å². The Hall–Kier alpha value is -1.46. The van der Waals surface area contributed by atoms with E-state index in [9.17, 15) is 13.6 Å². The number of hydrogen-bond acceptors (Lipinski definition) is 2. The van der Waals surface area contributed by atoms with E-state index in [1.807, 2.05) is 0 Å². The van der Waals surface area contributed by atoms with Crippen molar-refractivity contribution in [2.45, 2.75) is 6.61 Å². The smallest absolute Gasteiger partial charge is 0.387 e. The minimum absolute atomic E-state index is 0. The van der Waals surface area contributed by atoms with Gasteiger partial charge in [0.25, 0.3) is 0 Å². The topological polar surface area (TPSA) is 26.3 Å². The second-order valence-electron chi connectivity index (χ2n) is 3.86. The third-order valence-electron chi connectivity index (χ3n) is 2.51. The Balaban J connectivity index is 0.00000220. The Bertz CT molecular complexity index is 635. The molecule has 0 aromatic heterocycles. The minimum Gasteiger partial charge on any atom is -1.00 e. The van der Waals surface area contributed by atoms with E-state index < -0.39 is 12.4 Å². The van der Waals surface area contributed by atoms with Crippen LogP contribution in [0, 0.1) is 0 Å². The predicted octanol–water partition coefficient (Wildman–Crippen LogP) is 5.05. The molecular formula is C14H9BrClF2O2-. The molecule has 0 aliphatic carbocycles. The first-order valence-electron chi connectivity index (χ1n) is 5.52. The van der Waals surface area contributed by atoms with Gasteiger partial charge in [-0.2, -0.15) is 8.78 Å². The molecule has 2 rings (SSSR count). The number of carbonyl (C=O) groups excluding carboxylic acids is 1. The molecule has 0 bridgehead atoms. The average molecular weight is 363 g/mol. The summed E-state index contributed by atoms with van der Waals surface area (Å²) in [7, 11) is 0. The molecule has 0 saturated heterocycles. The Labute approximate surface area is 128 Å². The molecular weight excluding hydrogens is 354 g/mol. The maximum absolute atomic E-state index is 12.4. The lowest BCUT2D eigenvalue weighted by molar-refractivity contribution is -0.0501. The van der Waals surface area contributed by atoms with Crippen LogP contribution in [0.1, 0.15) is 17.3 Å². The van der Waals surface area contributed by atoms with Crippen LogP contribution in [0.3, 0.4) is 0 Å². The van der Waals surface area contributed by atoms with Crippen molar-refractivity contribution < 1.29 is 19.7 Å². The molecule has 0 amide bonds. The third kappa shape index (κ3) is 3.55. The summed E-state index contributed by atoms with van der Waals surface area (Å²) in [6, 6.07) is 10.5. The minimum atomic E-state index is -3.00. The first-order valence-corrected chi connectivity index (χ1v) is 6.69. The molecule has 0 heterocycles. The van der Waals surface area contributed by atoms with E-state index in [1.165, 1.54) is 24.3 Å². The van der Waals surface area contributed by atoms with Crippen molar-refractivity contribution in [3.8, 4) is 5.75 Å². The Morgan fingerprint density at radius 1 is 1.20 bits per heavy atom. The highest BCUT2D eigenvalue weighted by Crippen LogP contribution is 2.27. The quantitative estimate of drug-likeness (QED) is 0.712. The number of hydrogen-bond donors (Lipinski definition) is 0. The van der Waals surface area contributed by atoms with Crippen molar-refractivity contribution in [3.63, 3.8) is 0 Å². The average Bonchev–Trinajstić information content (AvgIpc) is 2.38. The van der Waals surface area contributed by atoms with Gasteiger partial charge in [-0.05, 0) is 42.5 Å². The molecule has 0 N–H and O–H groups in total. The van der Waals surface area contributed by atoms with Crippen LogP contribution in [0.2, 0.25) is 5.02 Å². The lowest BCUT2D eigenvalue weighted by atomic mass is 10.0. The molecule has 6 heteroatoms. The summed E-state index contributed by atoms with van der Waals surface area (Å²) in [6.07, 6.45) is 0. The second-order valence-corrected chi connectivity index (χ2v) is 5.21.